The van der Waals surface area contributed by atoms with E-state index in [1.54, 1.807) is 6.07 Å². The number of aryl methyl sites for hydroxylation is 1. The monoisotopic (exact) mass is 304 g/mol. The molecular weight excluding hydrogens is 284 g/mol. The highest BCUT2D eigenvalue weighted by Gasteiger charge is 2.05. The zero-order valence-corrected chi connectivity index (χ0v) is 13.3. The number of rotatable bonds is 4. The second-order valence-corrected chi connectivity index (χ2v) is 5.55. The molecule has 0 unspecified atom stereocenters. The Bertz CT molecular complexity index is 793. The number of phenolic OH excluding ortho intramolecular Hbond substituents is 1. The molecule has 3 nitrogen and oxygen atoms in total. The molecule has 3 N–H and O–H groups in total. The van der Waals surface area contributed by atoms with Crippen LogP contribution in [0.2, 0.25) is 0 Å². The number of anilines is 3. The molecule has 23 heavy (non-hydrogen) atoms. The Morgan fingerprint density at radius 3 is 1.96 bits per heavy atom. The quantitative estimate of drug-likeness (QED) is 0.584. The van der Waals surface area contributed by atoms with E-state index in [0.29, 0.717) is 5.69 Å². The van der Waals surface area contributed by atoms with Gasteiger partial charge in [-0.05, 0) is 54.4 Å². The van der Waals surface area contributed by atoms with Crippen LogP contribution in [0.25, 0.3) is 11.1 Å². The summed E-state index contributed by atoms with van der Waals surface area (Å²) in [6.07, 6.45) is 0. The van der Waals surface area contributed by atoms with Gasteiger partial charge in [0.2, 0.25) is 0 Å². The normalized spacial score (nSPS) is 10.3. The fourth-order valence-electron chi connectivity index (χ4n) is 2.44. The van der Waals surface area contributed by atoms with Crippen LogP contribution in [0.5, 0.6) is 5.75 Å². The average Bonchev–Trinajstić information content (AvgIpc) is 2.59. The number of nitrogens with one attached hydrogen (secondary N) is 2. The Kier molecular flexibility index (Phi) is 4.20. The number of hydrogen-bond donors (Lipinski definition) is 3. The van der Waals surface area contributed by atoms with Crippen molar-refractivity contribution in [2.24, 2.45) is 0 Å². The van der Waals surface area contributed by atoms with Crippen LogP contribution in [0, 0.1) is 6.92 Å². The maximum Gasteiger partial charge on any atom is 0.139 e. The first-order valence-electron chi connectivity index (χ1n) is 7.60. The zero-order chi connectivity index (χ0) is 16.2. The Morgan fingerprint density at radius 2 is 1.35 bits per heavy atom. The molecule has 0 atom stereocenters. The molecule has 0 fully saturated rings. The van der Waals surface area contributed by atoms with Crippen molar-refractivity contribution in [3.63, 3.8) is 0 Å². The van der Waals surface area contributed by atoms with Crippen molar-refractivity contribution < 1.29 is 5.11 Å². The van der Waals surface area contributed by atoms with Gasteiger partial charge in [0.1, 0.15) is 5.75 Å². The van der Waals surface area contributed by atoms with Gasteiger partial charge in [0, 0.05) is 18.4 Å². The Hall–Kier alpha value is -2.94. The summed E-state index contributed by atoms with van der Waals surface area (Å²) in [6.45, 7) is 2.05. The van der Waals surface area contributed by atoms with E-state index in [0.717, 1.165) is 22.5 Å². The molecule has 0 saturated heterocycles. The van der Waals surface area contributed by atoms with Crippen molar-refractivity contribution in [3.05, 3.63) is 72.3 Å². The topological polar surface area (TPSA) is 44.3 Å². The van der Waals surface area contributed by atoms with Crippen LogP contribution in [0.4, 0.5) is 17.1 Å². The first-order valence-corrected chi connectivity index (χ1v) is 7.60. The summed E-state index contributed by atoms with van der Waals surface area (Å²) in [5, 5.41) is 16.6. The molecule has 3 aromatic rings. The summed E-state index contributed by atoms with van der Waals surface area (Å²) in [5.41, 5.74) is 5.98. The highest BCUT2D eigenvalue weighted by atomic mass is 16.3. The predicted octanol–water partition coefficient (Wildman–Crippen LogP) is 5.15. The lowest BCUT2D eigenvalue weighted by atomic mass is 10.0. The van der Waals surface area contributed by atoms with Crippen molar-refractivity contribution in [1.29, 1.82) is 0 Å². The maximum absolute atomic E-state index is 10.3. The van der Waals surface area contributed by atoms with Crippen molar-refractivity contribution in [2.45, 2.75) is 6.92 Å². The maximum atomic E-state index is 10.3. The van der Waals surface area contributed by atoms with Crippen LogP contribution < -0.4 is 10.6 Å². The summed E-state index contributed by atoms with van der Waals surface area (Å²) in [6, 6.07) is 21.9. The molecule has 0 aliphatic rings. The molecule has 0 amide bonds. The lowest BCUT2D eigenvalue weighted by Gasteiger charge is -2.11. The Morgan fingerprint density at radius 1 is 0.739 bits per heavy atom. The number of aromatic hydroxyl groups is 1. The number of benzene rings is 3. The highest BCUT2D eigenvalue weighted by molar-refractivity contribution is 5.74. The average molecular weight is 304 g/mol. The van der Waals surface area contributed by atoms with Gasteiger partial charge in [-0.2, -0.15) is 0 Å². The van der Waals surface area contributed by atoms with E-state index < -0.39 is 0 Å². The fraction of sp³-hybridized carbons (Fsp3) is 0.100. The van der Waals surface area contributed by atoms with E-state index in [1.165, 1.54) is 5.56 Å². The van der Waals surface area contributed by atoms with Crippen molar-refractivity contribution in [1.82, 2.24) is 0 Å². The summed E-state index contributed by atoms with van der Waals surface area (Å²) in [7, 11) is 1.90. The molecule has 116 valence electrons. The third-order valence-corrected chi connectivity index (χ3v) is 3.84. The van der Waals surface area contributed by atoms with Gasteiger partial charge in [-0.3, -0.25) is 0 Å². The van der Waals surface area contributed by atoms with Gasteiger partial charge in [-0.15, -0.1) is 0 Å². The summed E-state index contributed by atoms with van der Waals surface area (Å²) in [4.78, 5) is 0. The molecule has 0 spiro atoms. The molecule has 0 heterocycles. The van der Waals surface area contributed by atoms with Crippen LogP contribution in [-0.2, 0) is 0 Å². The van der Waals surface area contributed by atoms with E-state index >= 15 is 0 Å². The molecule has 0 bridgehead atoms. The predicted molar refractivity (Wildman–Crippen MR) is 97.6 cm³/mol. The largest absolute Gasteiger partial charge is 0.506 e. The van der Waals surface area contributed by atoms with Crippen LogP contribution in [-0.4, -0.2) is 12.2 Å². The SMILES string of the molecule is CNc1ccc(-c2ccc(Nc3ccc(C)cc3)c(O)c2)cc1. The van der Waals surface area contributed by atoms with Crippen LogP contribution >= 0.6 is 0 Å². The van der Waals surface area contributed by atoms with E-state index in [9.17, 15) is 5.11 Å². The minimum atomic E-state index is 0.237. The Labute approximate surface area is 136 Å². The van der Waals surface area contributed by atoms with Gasteiger partial charge >= 0.3 is 0 Å². The van der Waals surface area contributed by atoms with E-state index in [1.807, 2.05) is 67.7 Å². The molecule has 0 saturated carbocycles. The fourth-order valence-corrected chi connectivity index (χ4v) is 2.44. The van der Waals surface area contributed by atoms with E-state index in [-0.39, 0.29) is 5.75 Å². The van der Waals surface area contributed by atoms with Gasteiger partial charge in [-0.25, -0.2) is 0 Å². The van der Waals surface area contributed by atoms with Gasteiger partial charge in [0.05, 0.1) is 5.69 Å². The standard InChI is InChI=1S/C20H20N2O/c1-14-3-8-18(9-4-14)22-19-12-7-16(13-20(19)23)15-5-10-17(21-2)11-6-15/h3-13,21-23H,1-2H3. The molecule has 3 aromatic carbocycles. The van der Waals surface area contributed by atoms with Gasteiger partial charge in [-0.1, -0.05) is 35.9 Å². The zero-order valence-electron chi connectivity index (χ0n) is 13.3. The third-order valence-electron chi connectivity index (χ3n) is 3.84. The molecule has 3 heteroatoms. The third kappa shape index (κ3) is 3.46. The summed E-state index contributed by atoms with van der Waals surface area (Å²) in [5.74, 6) is 0.237. The van der Waals surface area contributed by atoms with Crippen molar-refractivity contribution >= 4 is 17.1 Å². The van der Waals surface area contributed by atoms with Crippen LogP contribution in [0.15, 0.2) is 66.7 Å². The summed E-state index contributed by atoms with van der Waals surface area (Å²) >= 11 is 0. The Balaban J connectivity index is 1.83. The first kappa shape index (κ1) is 15.0. The minimum Gasteiger partial charge on any atom is -0.506 e. The highest BCUT2D eigenvalue weighted by Crippen LogP contribution is 2.32. The molecule has 3 rings (SSSR count). The molecule has 0 aromatic heterocycles. The first-order chi connectivity index (χ1) is 11.2. The second-order valence-electron chi connectivity index (χ2n) is 5.55. The van der Waals surface area contributed by atoms with Gasteiger partial charge < -0.3 is 15.7 Å². The number of phenols is 1. The lowest BCUT2D eigenvalue weighted by molar-refractivity contribution is 0.478. The van der Waals surface area contributed by atoms with Crippen molar-refractivity contribution in [3.8, 4) is 16.9 Å². The lowest BCUT2D eigenvalue weighted by Crippen LogP contribution is -1.91. The number of hydrogen-bond acceptors (Lipinski definition) is 3. The minimum absolute atomic E-state index is 0.237. The smallest absolute Gasteiger partial charge is 0.139 e. The molecule has 0 radical (unpaired) electrons. The summed E-state index contributed by atoms with van der Waals surface area (Å²) < 4.78 is 0. The van der Waals surface area contributed by atoms with Crippen LogP contribution in [0.1, 0.15) is 5.56 Å². The van der Waals surface area contributed by atoms with Gasteiger partial charge in [0.25, 0.3) is 0 Å². The van der Waals surface area contributed by atoms with E-state index in [2.05, 4.69) is 17.6 Å². The van der Waals surface area contributed by atoms with Crippen molar-refractivity contribution in [2.75, 3.05) is 17.7 Å². The molecule has 0 aliphatic heterocycles. The second kappa shape index (κ2) is 6.44. The van der Waals surface area contributed by atoms with Gasteiger partial charge in [0.15, 0.2) is 0 Å². The van der Waals surface area contributed by atoms with E-state index in [4.69, 9.17) is 0 Å². The van der Waals surface area contributed by atoms with Crippen LogP contribution in [0.3, 0.4) is 0 Å². The molecular formula is C20H20N2O. The molecule has 0 aliphatic carbocycles.